The fourth-order valence-corrected chi connectivity index (χ4v) is 4.19. The van der Waals surface area contributed by atoms with Crippen LogP contribution in [-0.2, 0) is 21.4 Å². The first kappa shape index (κ1) is 24.3. The molecule has 33 heavy (non-hydrogen) atoms. The van der Waals surface area contributed by atoms with Crippen molar-refractivity contribution in [2.24, 2.45) is 5.92 Å². The zero-order chi connectivity index (χ0) is 24.0. The molecule has 0 aromatic heterocycles. The van der Waals surface area contributed by atoms with Crippen LogP contribution in [0.5, 0.6) is 0 Å². The summed E-state index contributed by atoms with van der Waals surface area (Å²) in [5.41, 5.74) is 1.96. The molecule has 2 amide bonds. The molecule has 172 valence electrons. The first-order chi connectivity index (χ1) is 15.7. The van der Waals surface area contributed by atoms with Crippen LogP contribution >= 0.6 is 11.6 Å². The Morgan fingerprint density at radius 1 is 0.939 bits per heavy atom. The smallest absolute Gasteiger partial charge is 0.261 e. The van der Waals surface area contributed by atoms with E-state index in [9.17, 15) is 18.0 Å². The van der Waals surface area contributed by atoms with Crippen LogP contribution in [0.2, 0.25) is 5.02 Å². The molecule has 0 radical (unpaired) electrons. The highest BCUT2D eigenvalue weighted by atomic mass is 35.5. The molecule has 0 aliphatic heterocycles. The van der Waals surface area contributed by atoms with E-state index in [-0.39, 0.29) is 39.5 Å². The zero-order valence-electron chi connectivity index (χ0n) is 18.1. The average Bonchev–Trinajstić information content (AvgIpc) is 2.80. The van der Waals surface area contributed by atoms with Crippen molar-refractivity contribution in [3.8, 4) is 0 Å². The lowest BCUT2D eigenvalue weighted by Gasteiger charge is -2.11. The van der Waals surface area contributed by atoms with E-state index in [0.29, 0.717) is 5.69 Å². The predicted octanol–water partition coefficient (Wildman–Crippen LogP) is 4.67. The van der Waals surface area contributed by atoms with E-state index in [4.69, 9.17) is 11.6 Å². The van der Waals surface area contributed by atoms with Crippen LogP contribution in [0, 0.1) is 5.92 Å². The molecule has 9 heteroatoms. The second-order valence-corrected chi connectivity index (χ2v) is 9.73. The maximum absolute atomic E-state index is 12.7. The first-order valence-electron chi connectivity index (χ1n) is 10.2. The minimum Gasteiger partial charge on any atom is -0.348 e. The van der Waals surface area contributed by atoms with Crippen molar-refractivity contribution in [1.29, 1.82) is 0 Å². The van der Waals surface area contributed by atoms with Crippen LogP contribution in [0.3, 0.4) is 0 Å². The highest BCUT2D eigenvalue weighted by Gasteiger charge is 2.17. The Morgan fingerprint density at radius 2 is 1.64 bits per heavy atom. The van der Waals surface area contributed by atoms with Gasteiger partial charge in [0.25, 0.3) is 15.9 Å². The summed E-state index contributed by atoms with van der Waals surface area (Å²) in [6.45, 7) is 3.87. The van der Waals surface area contributed by atoms with Gasteiger partial charge in [0.2, 0.25) is 5.91 Å². The number of halogens is 1. The third kappa shape index (κ3) is 6.57. The number of amides is 2. The molecule has 0 saturated carbocycles. The van der Waals surface area contributed by atoms with Crippen molar-refractivity contribution < 1.29 is 18.0 Å². The maximum atomic E-state index is 12.7. The normalized spacial score (nSPS) is 11.2. The Hall–Kier alpha value is -3.36. The van der Waals surface area contributed by atoms with Crippen molar-refractivity contribution in [3.63, 3.8) is 0 Å². The number of nitrogens with one attached hydrogen (secondary N) is 3. The Balaban J connectivity index is 1.65. The molecule has 0 spiro atoms. The second-order valence-electron chi connectivity index (χ2n) is 7.64. The number of hydrogen-bond donors (Lipinski definition) is 3. The van der Waals surface area contributed by atoms with Crippen LogP contribution in [0.4, 0.5) is 11.4 Å². The highest BCUT2D eigenvalue weighted by Crippen LogP contribution is 2.24. The van der Waals surface area contributed by atoms with E-state index in [1.807, 2.05) is 13.8 Å². The first-order valence-corrected chi connectivity index (χ1v) is 12.1. The van der Waals surface area contributed by atoms with Gasteiger partial charge in [0, 0.05) is 23.7 Å². The molecule has 0 heterocycles. The number of sulfonamides is 1. The number of benzene rings is 3. The van der Waals surface area contributed by atoms with E-state index in [2.05, 4.69) is 15.4 Å². The quantitative estimate of drug-likeness (QED) is 0.431. The number of hydrogen-bond acceptors (Lipinski definition) is 4. The third-order valence-corrected chi connectivity index (χ3v) is 6.42. The van der Waals surface area contributed by atoms with Gasteiger partial charge < -0.3 is 10.6 Å². The topological polar surface area (TPSA) is 104 Å². The Labute approximate surface area is 198 Å². The van der Waals surface area contributed by atoms with Crippen molar-refractivity contribution in [2.75, 3.05) is 10.0 Å². The average molecular weight is 486 g/mol. The van der Waals surface area contributed by atoms with Gasteiger partial charge in [-0.2, -0.15) is 0 Å². The summed E-state index contributed by atoms with van der Waals surface area (Å²) >= 11 is 6.04. The summed E-state index contributed by atoms with van der Waals surface area (Å²) in [6.07, 6.45) is 0. The van der Waals surface area contributed by atoms with E-state index in [1.54, 1.807) is 48.5 Å². The molecule has 3 aromatic carbocycles. The molecule has 3 aromatic rings. The summed E-state index contributed by atoms with van der Waals surface area (Å²) in [5.74, 6) is -0.611. The van der Waals surface area contributed by atoms with Gasteiger partial charge in [-0.15, -0.1) is 0 Å². The summed E-state index contributed by atoms with van der Waals surface area (Å²) < 4.78 is 27.9. The number of para-hydroxylation sites is 1. The van der Waals surface area contributed by atoms with Gasteiger partial charge in [0.15, 0.2) is 0 Å². The van der Waals surface area contributed by atoms with Crippen molar-refractivity contribution >= 4 is 44.8 Å². The lowest BCUT2D eigenvalue weighted by molar-refractivity contribution is -0.118. The third-order valence-electron chi connectivity index (χ3n) is 4.72. The molecule has 7 nitrogen and oxygen atoms in total. The van der Waals surface area contributed by atoms with E-state index < -0.39 is 15.9 Å². The van der Waals surface area contributed by atoms with E-state index >= 15 is 0 Å². The number of carbonyl (C=O) groups is 2. The molecule has 0 aliphatic carbocycles. The fraction of sp³-hybridized carbons (Fsp3) is 0.167. The van der Waals surface area contributed by atoms with Gasteiger partial charge in [0.1, 0.15) is 0 Å². The Morgan fingerprint density at radius 3 is 2.30 bits per heavy atom. The SMILES string of the molecule is CC(C)C(=O)Nc1ccc(CNC(=O)c2cccc(S(=O)(=O)Nc3ccccc3Cl)c2)cc1. The second kappa shape index (κ2) is 10.5. The predicted molar refractivity (Wildman–Crippen MR) is 130 cm³/mol. The number of anilines is 2. The van der Waals surface area contributed by atoms with Gasteiger partial charge in [-0.1, -0.05) is 55.8 Å². The zero-order valence-corrected chi connectivity index (χ0v) is 19.7. The van der Waals surface area contributed by atoms with Gasteiger partial charge in [-0.25, -0.2) is 8.42 Å². The minimum absolute atomic E-state index is 0.0553. The molecule has 0 unspecified atom stereocenters. The lowest BCUT2D eigenvalue weighted by Crippen LogP contribution is -2.23. The van der Waals surface area contributed by atoms with Crippen molar-refractivity contribution in [2.45, 2.75) is 25.3 Å². The Kier molecular flexibility index (Phi) is 7.73. The van der Waals surface area contributed by atoms with Gasteiger partial charge in [0.05, 0.1) is 15.6 Å². The standard InChI is InChI=1S/C24H24ClN3O4S/c1-16(2)23(29)27-19-12-10-17(11-13-19)15-26-24(30)18-6-5-7-20(14-18)33(31,32)28-22-9-4-3-8-21(22)25/h3-14,16,28H,15H2,1-2H3,(H,26,30)(H,27,29). The molecule has 0 fully saturated rings. The van der Waals surface area contributed by atoms with Crippen molar-refractivity contribution in [3.05, 3.63) is 88.9 Å². The highest BCUT2D eigenvalue weighted by molar-refractivity contribution is 7.92. The maximum Gasteiger partial charge on any atom is 0.261 e. The van der Waals surface area contributed by atoms with Crippen LogP contribution in [0.25, 0.3) is 0 Å². The summed E-state index contributed by atoms with van der Waals surface area (Å²) in [5, 5.41) is 5.84. The Bertz CT molecular complexity index is 1260. The minimum atomic E-state index is -3.93. The molecular weight excluding hydrogens is 462 g/mol. The molecule has 0 atom stereocenters. The van der Waals surface area contributed by atoms with Crippen LogP contribution in [-0.4, -0.2) is 20.2 Å². The molecule has 0 saturated heterocycles. The summed E-state index contributed by atoms with van der Waals surface area (Å²) in [4.78, 5) is 24.3. The van der Waals surface area contributed by atoms with Gasteiger partial charge >= 0.3 is 0 Å². The van der Waals surface area contributed by atoms with Gasteiger partial charge in [-0.3, -0.25) is 14.3 Å². The van der Waals surface area contributed by atoms with E-state index in [1.165, 1.54) is 24.3 Å². The monoisotopic (exact) mass is 485 g/mol. The summed E-state index contributed by atoms with van der Waals surface area (Å²) in [7, 11) is -3.93. The van der Waals surface area contributed by atoms with Crippen LogP contribution < -0.4 is 15.4 Å². The van der Waals surface area contributed by atoms with Crippen LogP contribution in [0.1, 0.15) is 29.8 Å². The molecule has 0 bridgehead atoms. The molecule has 3 N–H and O–H groups in total. The van der Waals surface area contributed by atoms with Crippen molar-refractivity contribution in [1.82, 2.24) is 5.32 Å². The number of rotatable bonds is 8. The molecule has 3 rings (SSSR count). The lowest BCUT2D eigenvalue weighted by atomic mass is 10.1. The van der Waals surface area contributed by atoms with Gasteiger partial charge in [-0.05, 0) is 48.0 Å². The summed E-state index contributed by atoms with van der Waals surface area (Å²) in [6, 6.07) is 19.3. The van der Waals surface area contributed by atoms with Crippen LogP contribution in [0.15, 0.2) is 77.7 Å². The molecular formula is C24H24ClN3O4S. The fourth-order valence-electron chi connectivity index (χ4n) is 2.83. The largest absolute Gasteiger partial charge is 0.348 e. The molecule has 0 aliphatic rings. The van der Waals surface area contributed by atoms with E-state index in [0.717, 1.165) is 5.56 Å². The number of carbonyl (C=O) groups excluding carboxylic acids is 2.